The molecule has 1 heterocycles. The highest BCUT2D eigenvalue weighted by Crippen LogP contribution is 2.35. The van der Waals surface area contributed by atoms with Crippen molar-refractivity contribution in [1.29, 1.82) is 0 Å². The summed E-state index contributed by atoms with van der Waals surface area (Å²) >= 11 is 7.39. The van der Waals surface area contributed by atoms with Crippen molar-refractivity contribution in [3.05, 3.63) is 34.0 Å². The van der Waals surface area contributed by atoms with Crippen LogP contribution in [0.1, 0.15) is 11.9 Å². The predicted octanol–water partition coefficient (Wildman–Crippen LogP) is 3.75. The van der Waals surface area contributed by atoms with E-state index in [1.165, 1.54) is 23.5 Å². The van der Waals surface area contributed by atoms with Crippen LogP contribution >= 0.6 is 22.9 Å². The van der Waals surface area contributed by atoms with Crippen molar-refractivity contribution in [1.82, 2.24) is 4.98 Å². The van der Waals surface area contributed by atoms with Crippen molar-refractivity contribution < 1.29 is 4.39 Å². The Bertz CT molecular complexity index is 525. The summed E-state index contributed by atoms with van der Waals surface area (Å²) in [6.45, 7) is 2.01. The zero-order valence-corrected chi connectivity index (χ0v) is 10.2. The van der Waals surface area contributed by atoms with Gasteiger partial charge in [-0.05, 0) is 24.6 Å². The average molecular weight is 257 g/mol. The van der Waals surface area contributed by atoms with E-state index in [1.807, 2.05) is 6.92 Å². The summed E-state index contributed by atoms with van der Waals surface area (Å²) in [5.74, 6) is -0.363. The lowest BCUT2D eigenvalue weighted by Gasteiger charge is -2.01. The largest absolute Gasteiger partial charge is 0.389 e. The minimum absolute atomic E-state index is 0.333. The highest BCUT2D eigenvalue weighted by Gasteiger charge is 2.13. The van der Waals surface area contributed by atoms with Crippen molar-refractivity contribution in [3.8, 4) is 11.3 Å². The van der Waals surface area contributed by atoms with E-state index >= 15 is 0 Å². The zero-order chi connectivity index (χ0) is 11.7. The fourth-order valence-corrected chi connectivity index (χ4v) is 2.45. The summed E-state index contributed by atoms with van der Waals surface area (Å²) in [6.07, 6.45) is 0.827. The number of nitrogens with zero attached hydrogens (tertiary/aromatic N) is 1. The first-order valence-corrected chi connectivity index (χ1v) is 6.02. The van der Waals surface area contributed by atoms with Crippen LogP contribution in [0.2, 0.25) is 5.02 Å². The fourth-order valence-electron chi connectivity index (χ4n) is 1.40. The third kappa shape index (κ3) is 2.03. The summed E-state index contributed by atoms with van der Waals surface area (Å²) in [5, 5.41) is 1.90. The second kappa shape index (κ2) is 4.39. The molecule has 1 aromatic heterocycles. The maximum Gasteiger partial charge on any atom is 0.124 e. The Morgan fingerprint density at radius 2 is 2.25 bits per heavy atom. The number of thiazole rings is 1. The number of halogens is 2. The molecule has 0 fully saturated rings. The second-order valence-electron chi connectivity index (χ2n) is 3.30. The summed E-state index contributed by atoms with van der Waals surface area (Å²) in [4.78, 5) is 4.38. The van der Waals surface area contributed by atoms with E-state index in [9.17, 15) is 4.39 Å². The molecule has 2 rings (SSSR count). The van der Waals surface area contributed by atoms with Gasteiger partial charge < -0.3 is 5.73 Å². The molecule has 0 spiro atoms. The number of aryl methyl sites for hydroxylation is 1. The molecular formula is C11H10ClFN2S. The Morgan fingerprint density at radius 3 is 2.81 bits per heavy atom. The summed E-state index contributed by atoms with van der Waals surface area (Å²) < 4.78 is 12.9. The van der Waals surface area contributed by atoms with Crippen molar-refractivity contribution >= 4 is 27.9 Å². The highest BCUT2D eigenvalue weighted by atomic mass is 35.5. The van der Waals surface area contributed by atoms with E-state index in [1.54, 1.807) is 6.07 Å². The van der Waals surface area contributed by atoms with Crippen molar-refractivity contribution in [2.75, 3.05) is 5.73 Å². The van der Waals surface area contributed by atoms with Crippen LogP contribution in [0.5, 0.6) is 0 Å². The number of hydrogen-bond donors (Lipinski definition) is 1. The van der Waals surface area contributed by atoms with Gasteiger partial charge in [-0.1, -0.05) is 18.5 Å². The average Bonchev–Trinajstić information content (AvgIpc) is 2.60. The molecule has 2 N–H and O–H groups in total. The van der Waals surface area contributed by atoms with Gasteiger partial charge in [0, 0.05) is 5.56 Å². The molecule has 0 unspecified atom stereocenters. The van der Waals surface area contributed by atoms with Gasteiger partial charge in [0.25, 0.3) is 0 Å². The van der Waals surface area contributed by atoms with Gasteiger partial charge in [0.2, 0.25) is 0 Å². The maximum absolute atomic E-state index is 12.9. The third-order valence-corrected chi connectivity index (χ3v) is 3.53. The Morgan fingerprint density at radius 1 is 1.50 bits per heavy atom. The van der Waals surface area contributed by atoms with Crippen LogP contribution in [0.4, 0.5) is 9.39 Å². The van der Waals surface area contributed by atoms with Crippen LogP contribution in [-0.2, 0) is 6.42 Å². The second-order valence-corrected chi connectivity index (χ2v) is 4.82. The molecule has 5 heteroatoms. The lowest BCUT2D eigenvalue weighted by molar-refractivity contribution is 0.628. The van der Waals surface area contributed by atoms with E-state index in [2.05, 4.69) is 4.98 Å². The lowest BCUT2D eigenvalue weighted by Crippen LogP contribution is -1.88. The topological polar surface area (TPSA) is 38.9 Å². The fraction of sp³-hybridized carbons (Fsp3) is 0.182. The minimum Gasteiger partial charge on any atom is -0.389 e. The molecule has 0 saturated carbocycles. The Kier molecular flexibility index (Phi) is 3.12. The molecule has 0 aliphatic carbocycles. The monoisotopic (exact) mass is 256 g/mol. The van der Waals surface area contributed by atoms with Crippen LogP contribution in [0.15, 0.2) is 18.2 Å². The summed E-state index contributed by atoms with van der Waals surface area (Å²) in [5.41, 5.74) is 7.18. The molecule has 16 heavy (non-hydrogen) atoms. The lowest BCUT2D eigenvalue weighted by atomic mass is 10.1. The molecule has 0 bridgehead atoms. The molecule has 0 amide bonds. The highest BCUT2D eigenvalue weighted by molar-refractivity contribution is 7.16. The van der Waals surface area contributed by atoms with Gasteiger partial charge in [-0.2, -0.15) is 0 Å². The zero-order valence-electron chi connectivity index (χ0n) is 8.63. The number of hydrogen-bond acceptors (Lipinski definition) is 3. The molecule has 84 valence electrons. The molecule has 0 aliphatic rings. The van der Waals surface area contributed by atoms with Gasteiger partial charge in [0.15, 0.2) is 0 Å². The van der Waals surface area contributed by atoms with E-state index in [0.29, 0.717) is 21.3 Å². The van der Waals surface area contributed by atoms with Crippen LogP contribution < -0.4 is 5.73 Å². The SMILES string of the molecule is CCc1nc(-c2ccc(F)cc2Cl)c(N)s1. The van der Waals surface area contributed by atoms with Crippen molar-refractivity contribution in [2.24, 2.45) is 0 Å². The first-order chi connectivity index (χ1) is 7.61. The smallest absolute Gasteiger partial charge is 0.124 e. The standard InChI is InChI=1S/C11H10ClFN2S/c1-2-9-15-10(11(14)16-9)7-4-3-6(13)5-8(7)12/h3-5H,2,14H2,1H3. The molecular weight excluding hydrogens is 247 g/mol. The molecule has 0 saturated heterocycles. The number of rotatable bonds is 2. The Hall–Kier alpha value is -1.13. The van der Waals surface area contributed by atoms with E-state index in [0.717, 1.165) is 11.4 Å². The van der Waals surface area contributed by atoms with Gasteiger partial charge in [-0.25, -0.2) is 9.37 Å². The molecule has 0 radical (unpaired) electrons. The van der Waals surface area contributed by atoms with E-state index in [4.69, 9.17) is 17.3 Å². The van der Waals surface area contributed by atoms with Gasteiger partial charge in [-0.15, -0.1) is 11.3 Å². The summed E-state index contributed by atoms with van der Waals surface area (Å²) in [6, 6.07) is 4.22. The van der Waals surface area contributed by atoms with Crippen molar-refractivity contribution in [2.45, 2.75) is 13.3 Å². The Labute approximate surface area is 102 Å². The van der Waals surface area contributed by atoms with Crippen LogP contribution in [-0.4, -0.2) is 4.98 Å². The summed E-state index contributed by atoms with van der Waals surface area (Å²) in [7, 11) is 0. The molecule has 2 aromatic rings. The number of benzene rings is 1. The van der Waals surface area contributed by atoms with E-state index < -0.39 is 0 Å². The van der Waals surface area contributed by atoms with Gasteiger partial charge in [0.1, 0.15) is 16.5 Å². The number of anilines is 1. The van der Waals surface area contributed by atoms with Gasteiger partial charge >= 0.3 is 0 Å². The number of nitrogen functional groups attached to an aromatic ring is 1. The third-order valence-electron chi connectivity index (χ3n) is 2.19. The Balaban J connectivity index is 2.53. The molecule has 2 nitrogen and oxygen atoms in total. The van der Waals surface area contributed by atoms with Gasteiger partial charge in [-0.3, -0.25) is 0 Å². The minimum atomic E-state index is -0.363. The van der Waals surface area contributed by atoms with Crippen LogP contribution in [0, 0.1) is 5.82 Å². The molecule has 1 aromatic carbocycles. The molecule has 0 atom stereocenters. The first-order valence-electron chi connectivity index (χ1n) is 4.82. The quantitative estimate of drug-likeness (QED) is 0.889. The first kappa shape index (κ1) is 11.4. The normalized spacial score (nSPS) is 10.7. The molecule has 0 aliphatic heterocycles. The van der Waals surface area contributed by atoms with Crippen molar-refractivity contribution in [3.63, 3.8) is 0 Å². The van der Waals surface area contributed by atoms with Crippen LogP contribution in [0.3, 0.4) is 0 Å². The predicted molar refractivity (Wildman–Crippen MR) is 66.3 cm³/mol. The van der Waals surface area contributed by atoms with Gasteiger partial charge in [0.05, 0.1) is 10.0 Å². The van der Waals surface area contributed by atoms with Crippen LogP contribution in [0.25, 0.3) is 11.3 Å². The van der Waals surface area contributed by atoms with E-state index in [-0.39, 0.29) is 5.82 Å². The maximum atomic E-state index is 12.9. The number of nitrogens with two attached hydrogens (primary N) is 1. The number of aromatic nitrogens is 1.